The summed E-state index contributed by atoms with van der Waals surface area (Å²) >= 11 is 0. The number of ether oxygens (including phenoxy) is 1. The van der Waals surface area contributed by atoms with Crippen LogP contribution >= 0.6 is 0 Å². The normalized spacial score (nSPS) is 11.0. The molecule has 2 aromatic heterocycles. The summed E-state index contributed by atoms with van der Waals surface area (Å²) in [6.07, 6.45) is 0. The monoisotopic (exact) mass is 327 g/mol. The molecule has 7 heteroatoms. The lowest BCUT2D eigenvalue weighted by Gasteiger charge is -2.12. The third-order valence-corrected chi connectivity index (χ3v) is 3.71. The van der Waals surface area contributed by atoms with Crippen LogP contribution < -0.4 is 9.64 Å². The van der Waals surface area contributed by atoms with Crippen LogP contribution in [0, 0.1) is 0 Å². The predicted molar refractivity (Wildman–Crippen MR) is 91.1 cm³/mol. The van der Waals surface area contributed by atoms with E-state index in [1.54, 1.807) is 7.11 Å². The van der Waals surface area contributed by atoms with E-state index < -0.39 is 0 Å². The summed E-state index contributed by atoms with van der Waals surface area (Å²) in [5.74, 6) is 3.09. The Balaban J connectivity index is 1.71. The van der Waals surface area contributed by atoms with Crippen LogP contribution in [-0.2, 0) is 6.54 Å². The summed E-state index contributed by atoms with van der Waals surface area (Å²) in [6.45, 7) is 4.55. The first-order valence-electron chi connectivity index (χ1n) is 7.80. The molecule has 3 rings (SSSR count). The van der Waals surface area contributed by atoms with Crippen LogP contribution in [0.15, 0.2) is 34.7 Å². The summed E-state index contributed by atoms with van der Waals surface area (Å²) in [6, 6.07) is 9.81. The molecule has 0 amide bonds. The number of nitrogens with one attached hydrogen (secondary N) is 1. The Morgan fingerprint density at radius 2 is 1.96 bits per heavy atom. The number of methoxy groups -OCH3 is 1. The minimum absolute atomic E-state index is 0.226. The number of aromatic nitrogens is 4. The van der Waals surface area contributed by atoms with E-state index in [1.807, 2.05) is 56.1 Å². The smallest absolute Gasteiger partial charge is 0.235 e. The van der Waals surface area contributed by atoms with Gasteiger partial charge in [0.1, 0.15) is 5.75 Å². The van der Waals surface area contributed by atoms with Crippen LogP contribution in [0.5, 0.6) is 5.75 Å². The molecule has 0 bridgehead atoms. The molecule has 0 radical (unpaired) electrons. The van der Waals surface area contributed by atoms with Crippen molar-refractivity contribution in [1.29, 1.82) is 0 Å². The van der Waals surface area contributed by atoms with Crippen molar-refractivity contribution in [2.24, 2.45) is 0 Å². The van der Waals surface area contributed by atoms with Crippen LogP contribution in [0.2, 0.25) is 0 Å². The number of rotatable bonds is 6. The molecular weight excluding hydrogens is 306 g/mol. The highest BCUT2D eigenvalue weighted by molar-refractivity contribution is 5.63. The van der Waals surface area contributed by atoms with Gasteiger partial charge in [0.2, 0.25) is 11.8 Å². The van der Waals surface area contributed by atoms with Crippen molar-refractivity contribution in [2.45, 2.75) is 26.3 Å². The fourth-order valence-electron chi connectivity index (χ4n) is 2.27. The number of aromatic amines is 1. The Morgan fingerprint density at radius 3 is 2.58 bits per heavy atom. The highest BCUT2D eigenvalue weighted by atomic mass is 16.5. The lowest BCUT2D eigenvalue weighted by atomic mass is 10.1. The highest BCUT2D eigenvalue weighted by Gasteiger charge is 2.14. The summed E-state index contributed by atoms with van der Waals surface area (Å²) < 4.78 is 10.8. The molecule has 0 spiro atoms. The molecule has 0 saturated carbocycles. The average Bonchev–Trinajstić information content (AvgIpc) is 3.24. The molecule has 0 saturated heterocycles. The van der Waals surface area contributed by atoms with Gasteiger partial charge in [0.15, 0.2) is 5.82 Å². The number of H-pyrrole nitrogens is 1. The average molecular weight is 327 g/mol. The van der Waals surface area contributed by atoms with E-state index >= 15 is 0 Å². The van der Waals surface area contributed by atoms with E-state index in [9.17, 15) is 0 Å². The van der Waals surface area contributed by atoms with Gasteiger partial charge in [-0.05, 0) is 29.8 Å². The van der Waals surface area contributed by atoms with Gasteiger partial charge in [0.05, 0.1) is 19.3 Å². The maximum absolute atomic E-state index is 5.64. The van der Waals surface area contributed by atoms with E-state index in [4.69, 9.17) is 9.15 Å². The zero-order chi connectivity index (χ0) is 17.1. The molecular formula is C17H21N5O2. The second-order valence-corrected chi connectivity index (χ2v) is 5.91. The fourth-order valence-corrected chi connectivity index (χ4v) is 2.27. The van der Waals surface area contributed by atoms with Crippen molar-refractivity contribution < 1.29 is 9.15 Å². The number of hydrogen-bond donors (Lipinski definition) is 1. The highest BCUT2D eigenvalue weighted by Crippen LogP contribution is 2.24. The Hall–Kier alpha value is -2.83. The van der Waals surface area contributed by atoms with Gasteiger partial charge >= 0.3 is 0 Å². The van der Waals surface area contributed by atoms with Gasteiger partial charge in [-0.25, -0.2) is 0 Å². The van der Waals surface area contributed by atoms with Crippen molar-refractivity contribution >= 4 is 5.82 Å². The van der Waals surface area contributed by atoms with Gasteiger partial charge < -0.3 is 14.1 Å². The molecule has 0 aliphatic rings. The molecule has 0 fully saturated rings. The van der Waals surface area contributed by atoms with Gasteiger partial charge in [0, 0.05) is 19.0 Å². The number of anilines is 1. The van der Waals surface area contributed by atoms with Crippen LogP contribution in [0.25, 0.3) is 11.3 Å². The second kappa shape index (κ2) is 6.74. The molecule has 1 N–H and O–H groups in total. The standard InChI is InChI=1S/C17H21N5O2/c1-11(2)17-21-20-16(24-17)10-22(3)15-9-14(18-19-15)12-5-7-13(23-4)8-6-12/h5-9,11H,10H2,1-4H3,(H,18,19). The molecule has 3 aromatic rings. The van der Waals surface area contributed by atoms with E-state index in [0.29, 0.717) is 18.3 Å². The number of hydrogen-bond acceptors (Lipinski definition) is 6. The van der Waals surface area contributed by atoms with E-state index in [2.05, 4.69) is 20.4 Å². The SMILES string of the molecule is COc1ccc(-c2cc(N(C)Cc3nnc(C(C)C)o3)n[nH]2)cc1. The predicted octanol–water partition coefficient (Wildman–Crippen LogP) is 3.23. The zero-order valence-electron chi connectivity index (χ0n) is 14.3. The van der Waals surface area contributed by atoms with Crippen molar-refractivity contribution in [3.05, 3.63) is 42.1 Å². The first kappa shape index (κ1) is 16.0. The minimum atomic E-state index is 0.226. The molecule has 0 unspecified atom stereocenters. The summed E-state index contributed by atoms with van der Waals surface area (Å²) in [4.78, 5) is 1.96. The maximum atomic E-state index is 5.64. The third kappa shape index (κ3) is 3.40. The minimum Gasteiger partial charge on any atom is -0.497 e. The third-order valence-electron chi connectivity index (χ3n) is 3.71. The lowest BCUT2D eigenvalue weighted by Crippen LogP contribution is -2.16. The van der Waals surface area contributed by atoms with Crippen molar-refractivity contribution in [2.75, 3.05) is 19.1 Å². The van der Waals surface area contributed by atoms with E-state index in [-0.39, 0.29) is 5.92 Å². The lowest BCUT2D eigenvalue weighted by molar-refractivity contribution is 0.415. The summed E-state index contributed by atoms with van der Waals surface area (Å²) in [5.41, 5.74) is 1.98. The maximum Gasteiger partial charge on any atom is 0.235 e. The van der Waals surface area contributed by atoms with Gasteiger partial charge in [-0.1, -0.05) is 13.8 Å². The van der Waals surface area contributed by atoms with Crippen LogP contribution in [-0.4, -0.2) is 34.6 Å². The molecule has 0 aliphatic carbocycles. The number of nitrogens with zero attached hydrogens (tertiary/aromatic N) is 4. The molecule has 7 nitrogen and oxygen atoms in total. The van der Waals surface area contributed by atoms with Crippen molar-refractivity contribution in [3.63, 3.8) is 0 Å². The van der Waals surface area contributed by atoms with Gasteiger partial charge in [-0.15, -0.1) is 10.2 Å². The van der Waals surface area contributed by atoms with Crippen LogP contribution in [0.3, 0.4) is 0 Å². The topological polar surface area (TPSA) is 80.1 Å². The largest absolute Gasteiger partial charge is 0.497 e. The van der Waals surface area contributed by atoms with Gasteiger partial charge in [-0.2, -0.15) is 5.10 Å². The van der Waals surface area contributed by atoms with E-state index in [1.165, 1.54) is 0 Å². The van der Waals surface area contributed by atoms with Crippen molar-refractivity contribution in [3.8, 4) is 17.0 Å². The molecule has 2 heterocycles. The molecule has 24 heavy (non-hydrogen) atoms. The Labute approximate surface area is 140 Å². The zero-order valence-corrected chi connectivity index (χ0v) is 14.3. The van der Waals surface area contributed by atoms with Crippen LogP contribution in [0.1, 0.15) is 31.5 Å². The van der Waals surface area contributed by atoms with Gasteiger partial charge in [-0.3, -0.25) is 5.10 Å². The Bertz CT molecular complexity index is 791. The van der Waals surface area contributed by atoms with Gasteiger partial charge in [0.25, 0.3) is 0 Å². The molecule has 0 aliphatic heterocycles. The first-order chi connectivity index (χ1) is 11.6. The van der Waals surface area contributed by atoms with Crippen LogP contribution in [0.4, 0.5) is 5.82 Å². The quantitative estimate of drug-likeness (QED) is 0.749. The summed E-state index contributed by atoms with van der Waals surface area (Å²) in [7, 11) is 3.59. The first-order valence-corrected chi connectivity index (χ1v) is 7.80. The fraction of sp³-hybridized carbons (Fsp3) is 0.353. The second-order valence-electron chi connectivity index (χ2n) is 5.91. The summed E-state index contributed by atoms with van der Waals surface area (Å²) in [5, 5.41) is 15.5. The molecule has 0 atom stereocenters. The number of benzene rings is 1. The Kier molecular flexibility index (Phi) is 4.50. The van der Waals surface area contributed by atoms with E-state index in [0.717, 1.165) is 22.8 Å². The molecule has 1 aromatic carbocycles. The Morgan fingerprint density at radius 1 is 1.21 bits per heavy atom. The van der Waals surface area contributed by atoms with Crippen molar-refractivity contribution in [1.82, 2.24) is 20.4 Å². The molecule has 126 valence electrons.